The third-order valence-electron chi connectivity index (χ3n) is 5.08. The number of aromatic nitrogens is 2. The molecule has 0 aliphatic carbocycles. The highest BCUT2D eigenvalue weighted by molar-refractivity contribution is 6.06. The molecule has 0 atom stereocenters. The van der Waals surface area contributed by atoms with Crippen molar-refractivity contribution in [3.63, 3.8) is 0 Å². The average molecular weight is 406 g/mol. The van der Waals surface area contributed by atoms with E-state index in [0.29, 0.717) is 49.5 Å². The first-order valence-electron chi connectivity index (χ1n) is 9.97. The lowest BCUT2D eigenvalue weighted by molar-refractivity contribution is 0.102. The van der Waals surface area contributed by atoms with E-state index >= 15 is 0 Å². The molecule has 1 aliphatic rings. The van der Waals surface area contributed by atoms with Crippen LogP contribution in [0.5, 0.6) is 5.75 Å². The zero-order chi connectivity index (χ0) is 20.8. The van der Waals surface area contributed by atoms with E-state index < -0.39 is 6.17 Å². The van der Waals surface area contributed by atoms with Crippen molar-refractivity contribution in [2.45, 2.75) is 25.6 Å². The Balaban J connectivity index is 1.58. The molecule has 0 spiro atoms. The second-order valence-corrected chi connectivity index (χ2v) is 7.20. The lowest BCUT2D eigenvalue weighted by Crippen LogP contribution is -2.34. The number of hydrogen-bond donors (Lipinski definition) is 1. The minimum atomic E-state index is -0.753. The first-order chi connectivity index (χ1) is 14.7. The van der Waals surface area contributed by atoms with Crippen LogP contribution in [-0.4, -0.2) is 35.4 Å². The van der Waals surface area contributed by atoms with Crippen LogP contribution in [0.15, 0.2) is 67.0 Å². The fraction of sp³-hybridized carbons (Fsp3) is 0.261. The SMILES string of the molecule is O=C(Nc1ccnnc1)c1cc(N2CCC(F)CC2)ccc1OCc1ccccc1. The van der Waals surface area contributed by atoms with Gasteiger partial charge in [0, 0.05) is 18.8 Å². The first kappa shape index (κ1) is 19.8. The van der Waals surface area contributed by atoms with Crippen molar-refractivity contribution >= 4 is 17.3 Å². The molecular formula is C23H23FN4O2. The number of halogens is 1. The monoisotopic (exact) mass is 406 g/mol. The summed E-state index contributed by atoms with van der Waals surface area (Å²) >= 11 is 0. The summed E-state index contributed by atoms with van der Waals surface area (Å²) in [5.74, 6) is 0.191. The zero-order valence-electron chi connectivity index (χ0n) is 16.5. The van der Waals surface area contributed by atoms with Gasteiger partial charge in [-0.2, -0.15) is 10.2 Å². The highest BCUT2D eigenvalue weighted by Gasteiger charge is 2.21. The van der Waals surface area contributed by atoms with Crippen molar-refractivity contribution in [2.75, 3.05) is 23.3 Å². The number of carbonyl (C=O) groups excluding carboxylic acids is 1. The standard InChI is InChI=1S/C23H23FN4O2/c24-18-9-12-28(13-10-18)20-6-7-22(30-16-17-4-2-1-3-5-17)21(14-20)23(29)27-19-8-11-25-26-15-19/h1-8,11,14-15,18H,9-10,12-13,16H2,(H,25,27,29). The second-order valence-electron chi connectivity index (χ2n) is 7.20. The molecule has 0 radical (unpaired) electrons. The molecule has 0 unspecified atom stereocenters. The van der Waals surface area contributed by atoms with E-state index in [2.05, 4.69) is 20.4 Å². The molecule has 3 aromatic rings. The van der Waals surface area contributed by atoms with Gasteiger partial charge in [-0.3, -0.25) is 4.79 Å². The molecule has 30 heavy (non-hydrogen) atoms. The van der Waals surface area contributed by atoms with Gasteiger partial charge in [-0.15, -0.1) is 0 Å². The van der Waals surface area contributed by atoms with Crippen molar-refractivity contribution < 1.29 is 13.9 Å². The van der Waals surface area contributed by atoms with Crippen molar-refractivity contribution in [1.29, 1.82) is 0 Å². The topological polar surface area (TPSA) is 67.4 Å². The molecule has 0 saturated carbocycles. The van der Waals surface area contributed by atoms with Gasteiger partial charge in [0.25, 0.3) is 5.91 Å². The third-order valence-corrected chi connectivity index (χ3v) is 5.08. The van der Waals surface area contributed by atoms with Crippen LogP contribution >= 0.6 is 0 Å². The number of alkyl halides is 1. The number of piperidine rings is 1. The Labute approximate surface area is 174 Å². The van der Waals surface area contributed by atoms with E-state index in [9.17, 15) is 9.18 Å². The summed E-state index contributed by atoms with van der Waals surface area (Å²) in [6.45, 7) is 1.60. The molecule has 154 valence electrons. The number of hydrogen-bond acceptors (Lipinski definition) is 5. The minimum absolute atomic E-state index is 0.298. The normalized spacial score (nSPS) is 14.4. The quantitative estimate of drug-likeness (QED) is 0.663. The summed E-state index contributed by atoms with van der Waals surface area (Å²) in [6.07, 6.45) is 3.24. The summed E-state index contributed by atoms with van der Waals surface area (Å²) in [4.78, 5) is 15.1. The molecule has 1 aromatic heterocycles. The van der Waals surface area contributed by atoms with E-state index in [1.54, 1.807) is 12.1 Å². The number of nitrogens with one attached hydrogen (secondary N) is 1. The van der Waals surface area contributed by atoms with Gasteiger partial charge in [-0.05, 0) is 42.7 Å². The molecular weight excluding hydrogens is 383 g/mol. The number of benzene rings is 2. The maximum atomic E-state index is 13.5. The van der Waals surface area contributed by atoms with E-state index in [4.69, 9.17) is 4.74 Å². The number of carbonyl (C=O) groups is 1. The third kappa shape index (κ3) is 4.92. The van der Waals surface area contributed by atoms with Crippen molar-refractivity contribution in [2.24, 2.45) is 0 Å². The van der Waals surface area contributed by atoms with Crippen molar-refractivity contribution in [3.05, 3.63) is 78.1 Å². The molecule has 2 aromatic carbocycles. The summed E-state index contributed by atoms with van der Waals surface area (Å²) in [6, 6.07) is 17.0. The molecule has 1 saturated heterocycles. The number of anilines is 2. The van der Waals surface area contributed by atoms with Gasteiger partial charge in [0.05, 0.1) is 23.6 Å². The molecule has 4 rings (SSSR count). The second kappa shape index (κ2) is 9.35. The van der Waals surface area contributed by atoms with Crippen LogP contribution in [0.4, 0.5) is 15.8 Å². The van der Waals surface area contributed by atoms with Gasteiger partial charge in [0.15, 0.2) is 0 Å². The van der Waals surface area contributed by atoms with Gasteiger partial charge in [-0.1, -0.05) is 30.3 Å². The summed E-state index contributed by atoms with van der Waals surface area (Å²) < 4.78 is 19.5. The lowest BCUT2D eigenvalue weighted by Gasteiger charge is -2.31. The van der Waals surface area contributed by atoms with Crippen LogP contribution in [0.25, 0.3) is 0 Å². The predicted molar refractivity (Wildman–Crippen MR) is 114 cm³/mol. The summed E-state index contributed by atoms with van der Waals surface area (Å²) in [5.41, 5.74) is 2.86. The molecule has 7 heteroatoms. The molecule has 2 heterocycles. The van der Waals surface area contributed by atoms with Gasteiger partial charge in [0.2, 0.25) is 0 Å². The molecule has 6 nitrogen and oxygen atoms in total. The Morgan fingerprint density at radius 3 is 2.63 bits per heavy atom. The Hall–Kier alpha value is -3.48. The van der Waals surface area contributed by atoms with Crippen molar-refractivity contribution in [1.82, 2.24) is 10.2 Å². The van der Waals surface area contributed by atoms with Gasteiger partial charge < -0.3 is 15.0 Å². The van der Waals surface area contributed by atoms with Crippen LogP contribution in [0, 0.1) is 0 Å². The number of ether oxygens (including phenoxy) is 1. The van der Waals surface area contributed by atoms with E-state index in [-0.39, 0.29) is 5.91 Å². The van der Waals surface area contributed by atoms with Crippen LogP contribution < -0.4 is 15.0 Å². The molecule has 1 aliphatic heterocycles. The van der Waals surface area contributed by atoms with Crippen LogP contribution in [0.1, 0.15) is 28.8 Å². The van der Waals surface area contributed by atoms with E-state index in [1.165, 1.54) is 12.4 Å². The van der Waals surface area contributed by atoms with E-state index in [1.807, 2.05) is 42.5 Å². The number of amides is 1. The largest absolute Gasteiger partial charge is 0.488 e. The van der Waals surface area contributed by atoms with Crippen molar-refractivity contribution in [3.8, 4) is 5.75 Å². The Bertz CT molecular complexity index is 977. The maximum Gasteiger partial charge on any atom is 0.259 e. The fourth-order valence-corrected chi connectivity index (χ4v) is 3.42. The zero-order valence-corrected chi connectivity index (χ0v) is 16.5. The summed E-state index contributed by atoms with van der Waals surface area (Å²) in [5, 5.41) is 10.3. The fourth-order valence-electron chi connectivity index (χ4n) is 3.42. The smallest absolute Gasteiger partial charge is 0.259 e. The first-order valence-corrected chi connectivity index (χ1v) is 9.97. The van der Waals surface area contributed by atoms with Crippen LogP contribution in [0.3, 0.4) is 0 Å². The highest BCUT2D eigenvalue weighted by Crippen LogP contribution is 2.29. The Morgan fingerprint density at radius 1 is 1.10 bits per heavy atom. The van der Waals surface area contributed by atoms with Crippen LogP contribution in [0.2, 0.25) is 0 Å². The van der Waals surface area contributed by atoms with E-state index in [0.717, 1.165) is 11.3 Å². The lowest BCUT2D eigenvalue weighted by atomic mass is 10.1. The van der Waals surface area contributed by atoms with Crippen LogP contribution in [-0.2, 0) is 6.61 Å². The Kier molecular flexibility index (Phi) is 6.17. The molecule has 0 bridgehead atoms. The minimum Gasteiger partial charge on any atom is -0.488 e. The maximum absolute atomic E-state index is 13.5. The summed E-state index contributed by atoms with van der Waals surface area (Å²) in [7, 11) is 0. The highest BCUT2D eigenvalue weighted by atomic mass is 19.1. The average Bonchev–Trinajstić information content (AvgIpc) is 2.79. The Morgan fingerprint density at radius 2 is 1.90 bits per heavy atom. The van der Waals surface area contributed by atoms with Gasteiger partial charge >= 0.3 is 0 Å². The van der Waals surface area contributed by atoms with Gasteiger partial charge in [0.1, 0.15) is 18.5 Å². The number of rotatable bonds is 6. The molecule has 1 amide bonds. The predicted octanol–water partition coefficient (Wildman–Crippen LogP) is 4.25. The van der Waals surface area contributed by atoms with Gasteiger partial charge in [-0.25, -0.2) is 4.39 Å². The number of nitrogens with zero attached hydrogens (tertiary/aromatic N) is 3. The molecule has 1 N–H and O–H groups in total. The molecule has 1 fully saturated rings.